The molecule has 1 aromatic rings. The van der Waals surface area contributed by atoms with Crippen molar-refractivity contribution in [3.63, 3.8) is 0 Å². The van der Waals surface area contributed by atoms with Crippen molar-refractivity contribution >= 4 is 21.9 Å². The zero-order valence-corrected chi connectivity index (χ0v) is 16.6. The van der Waals surface area contributed by atoms with Crippen molar-refractivity contribution < 1.29 is 4.39 Å². The largest absolute Gasteiger partial charge is 0.356 e. The first-order valence-corrected chi connectivity index (χ1v) is 10.1. The number of aryl methyl sites for hydroxylation is 1. The molecule has 1 atom stereocenters. The number of hydrogen-bond acceptors (Lipinski definition) is 2. The van der Waals surface area contributed by atoms with E-state index in [9.17, 15) is 4.39 Å². The van der Waals surface area contributed by atoms with Crippen molar-refractivity contribution in [2.24, 2.45) is 4.99 Å². The molecule has 2 saturated heterocycles. The second kappa shape index (κ2) is 8.99. The molecule has 2 heterocycles. The van der Waals surface area contributed by atoms with Crippen LogP contribution in [0.25, 0.3) is 0 Å². The Morgan fingerprint density at radius 2 is 2.12 bits per heavy atom. The molecule has 2 fully saturated rings. The molecule has 2 aliphatic rings. The average molecular weight is 411 g/mol. The molecule has 4 nitrogen and oxygen atoms in total. The molecule has 0 aliphatic carbocycles. The maximum atomic E-state index is 13.9. The van der Waals surface area contributed by atoms with E-state index in [0.29, 0.717) is 6.04 Å². The van der Waals surface area contributed by atoms with Gasteiger partial charge in [-0.25, -0.2) is 4.39 Å². The molecule has 0 saturated carbocycles. The average Bonchev–Trinajstić information content (AvgIpc) is 3.27. The minimum Gasteiger partial charge on any atom is -0.356 e. The summed E-state index contributed by atoms with van der Waals surface area (Å²) < 4.78 is 14.6. The van der Waals surface area contributed by atoms with Crippen molar-refractivity contribution in [1.29, 1.82) is 0 Å². The number of benzene rings is 1. The van der Waals surface area contributed by atoms with Crippen LogP contribution in [0.15, 0.2) is 27.7 Å². The van der Waals surface area contributed by atoms with Crippen molar-refractivity contribution in [1.82, 2.24) is 15.1 Å². The summed E-state index contributed by atoms with van der Waals surface area (Å²) in [6.45, 7) is 5.46. The number of likely N-dealkylation sites (tertiary alicyclic amines) is 2. The van der Waals surface area contributed by atoms with E-state index in [-0.39, 0.29) is 5.82 Å². The fraction of sp³-hybridized carbons (Fsp3) is 0.632. The Hall–Kier alpha value is -1.14. The Morgan fingerprint density at radius 3 is 2.84 bits per heavy atom. The van der Waals surface area contributed by atoms with Gasteiger partial charge >= 0.3 is 0 Å². The highest BCUT2D eigenvalue weighted by Crippen LogP contribution is 2.20. The van der Waals surface area contributed by atoms with Crippen molar-refractivity contribution in [3.05, 3.63) is 34.1 Å². The Bertz CT molecular complexity index is 601. The molecule has 25 heavy (non-hydrogen) atoms. The smallest absolute Gasteiger partial charge is 0.193 e. The summed E-state index contributed by atoms with van der Waals surface area (Å²) in [5.41, 5.74) is 0.773. The van der Waals surface area contributed by atoms with Crippen LogP contribution in [-0.2, 0) is 6.42 Å². The van der Waals surface area contributed by atoms with Crippen LogP contribution in [0.1, 0.15) is 31.2 Å². The van der Waals surface area contributed by atoms with Crippen LogP contribution in [-0.4, -0.2) is 61.6 Å². The summed E-state index contributed by atoms with van der Waals surface area (Å²) in [6.07, 6.45) is 5.54. The molecule has 6 heteroatoms. The number of guanidine groups is 1. The van der Waals surface area contributed by atoms with Crippen molar-refractivity contribution in [2.75, 3.05) is 39.8 Å². The van der Waals surface area contributed by atoms with E-state index < -0.39 is 0 Å². The monoisotopic (exact) mass is 410 g/mol. The molecule has 0 bridgehead atoms. The lowest BCUT2D eigenvalue weighted by molar-refractivity contribution is 0.249. The minimum absolute atomic E-state index is 0.133. The van der Waals surface area contributed by atoms with Gasteiger partial charge < -0.3 is 10.2 Å². The zero-order chi connectivity index (χ0) is 17.6. The summed E-state index contributed by atoms with van der Waals surface area (Å²) in [5.74, 6) is 0.852. The normalized spacial score (nSPS) is 22.0. The van der Waals surface area contributed by atoms with Crippen LogP contribution >= 0.6 is 15.9 Å². The Kier molecular flexibility index (Phi) is 6.70. The molecule has 1 unspecified atom stereocenters. The predicted molar refractivity (Wildman–Crippen MR) is 105 cm³/mol. The van der Waals surface area contributed by atoms with Crippen molar-refractivity contribution in [2.45, 2.75) is 38.1 Å². The third-order valence-electron chi connectivity index (χ3n) is 5.25. The number of nitrogens with one attached hydrogen (secondary N) is 1. The Morgan fingerprint density at radius 1 is 1.32 bits per heavy atom. The van der Waals surface area contributed by atoms with E-state index in [2.05, 4.69) is 36.0 Å². The van der Waals surface area contributed by atoms with Crippen LogP contribution in [0.3, 0.4) is 0 Å². The summed E-state index contributed by atoms with van der Waals surface area (Å²) in [4.78, 5) is 9.43. The quantitative estimate of drug-likeness (QED) is 0.459. The molecular weight excluding hydrogens is 383 g/mol. The second-order valence-electron chi connectivity index (χ2n) is 6.94. The van der Waals surface area contributed by atoms with Gasteiger partial charge in [-0.1, -0.05) is 22.0 Å². The summed E-state index contributed by atoms with van der Waals surface area (Å²) in [7, 11) is 1.85. The molecule has 1 N–H and O–H groups in total. The van der Waals surface area contributed by atoms with Gasteiger partial charge in [0, 0.05) is 37.2 Å². The maximum Gasteiger partial charge on any atom is 0.193 e. The van der Waals surface area contributed by atoms with Crippen LogP contribution in [0.2, 0.25) is 0 Å². The Balaban J connectivity index is 1.42. The lowest BCUT2D eigenvalue weighted by Gasteiger charge is -2.25. The summed E-state index contributed by atoms with van der Waals surface area (Å²) >= 11 is 3.30. The highest BCUT2D eigenvalue weighted by atomic mass is 79.9. The van der Waals surface area contributed by atoms with Gasteiger partial charge in [0.15, 0.2) is 5.96 Å². The van der Waals surface area contributed by atoms with E-state index >= 15 is 0 Å². The number of nitrogens with zero attached hydrogens (tertiary/aromatic N) is 3. The van der Waals surface area contributed by atoms with Crippen LogP contribution in [0.4, 0.5) is 4.39 Å². The first-order chi connectivity index (χ1) is 12.2. The second-order valence-corrected chi connectivity index (χ2v) is 7.86. The predicted octanol–water partition coefficient (Wildman–Crippen LogP) is 3.27. The third kappa shape index (κ3) is 4.94. The van der Waals surface area contributed by atoms with Gasteiger partial charge in [0.25, 0.3) is 0 Å². The molecule has 0 aromatic heterocycles. The van der Waals surface area contributed by atoms with Gasteiger partial charge in [0.2, 0.25) is 0 Å². The minimum atomic E-state index is -0.133. The first-order valence-electron chi connectivity index (χ1n) is 9.31. The number of aliphatic imine (C=N–C) groups is 1. The van der Waals surface area contributed by atoms with Gasteiger partial charge in [-0.05, 0) is 62.9 Å². The van der Waals surface area contributed by atoms with Crippen LogP contribution in [0, 0.1) is 5.82 Å². The van der Waals surface area contributed by atoms with E-state index in [1.807, 2.05) is 19.2 Å². The molecule has 0 amide bonds. The van der Waals surface area contributed by atoms with Gasteiger partial charge in [0.1, 0.15) is 5.82 Å². The fourth-order valence-corrected chi connectivity index (χ4v) is 4.21. The lowest BCUT2D eigenvalue weighted by atomic mass is 10.1. The highest BCUT2D eigenvalue weighted by Gasteiger charge is 2.30. The van der Waals surface area contributed by atoms with E-state index in [0.717, 1.165) is 48.5 Å². The molecule has 0 radical (unpaired) electrons. The zero-order valence-electron chi connectivity index (χ0n) is 15.0. The number of halogens is 2. The topological polar surface area (TPSA) is 30.9 Å². The van der Waals surface area contributed by atoms with Gasteiger partial charge in [-0.2, -0.15) is 0 Å². The van der Waals surface area contributed by atoms with Crippen LogP contribution in [0.5, 0.6) is 0 Å². The number of hydrogen-bond donors (Lipinski definition) is 1. The molecule has 2 aliphatic heterocycles. The summed E-state index contributed by atoms with van der Waals surface area (Å²) in [6, 6.07) is 5.96. The SMILES string of the molecule is CN=C(NCCCc1ccc(Br)cc1F)N1CCC(N2CCCC2)C1. The van der Waals surface area contributed by atoms with E-state index in [1.165, 1.54) is 38.4 Å². The summed E-state index contributed by atoms with van der Waals surface area (Å²) in [5, 5.41) is 3.45. The van der Waals surface area contributed by atoms with Gasteiger partial charge in [-0.15, -0.1) is 0 Å². The third-order valence-corrected chi connectivity index (χ3v) is 5.75. The van der Waals surface area contributed by atoms with Gasteiger partial charge in [0.05, 0.1) is 0 Å². The molecule has 0 spiro atoms. The lowest BCUT2D eigenvalue weighted by Crippen LogP contribution is -2.43. The highest BCUT2D eigenvalue weighted by molar-refractivity contribution is 9.10. The molecule has 1 aromatic carbocycles. The van der Waals surface area contributed by atoms with E-state index in [1.54, 1.807) is 0 Å². The molecular formula is C19H28BrFN4. The first kappa shape index (κ1) is 18.6. The molecule has 138 valence electrons. The molecule has 3 rings (SSSR count). The standard InChI is InChI=1S/C19H28BrFN4/c1-22-19(25-12-8-17(14-25)24-10-2-3-11-24)23-9-4-5-15-6-7-16(20)13-18(15)21/h6-7,13,17H,2-5,8-12,14H2,1H3,(H,22,23). The Labute approximate surface area is 158 Å². The van der Waals surface area contributed by atoms with Gasteiger partial charge in [-0.3, -0.25) is 9.89 Å². The fourth-order valence-electron chi connectivity index (χ4n) is 3.87. The van der Waals surface area contributed by atoms with Crippen LogP contribution < -0.4 is 5.32 Å². The van der Waals surface area contributed by atoms with E-state index in [4.69, 9.17) is 0 Å². The number of rotatable bonds is 5. The van der Waals surface area contributed by atoms with Crippen molar-refractivity contribution in [3.8, 4) is 0 Å². The maximum absolute atomic E-state index is 13.9.